The summed E-state index contributed by atoms with van der Waals surface area (Å²) in [5.41, 5.74) is 0. The van der Waals surface area contributed by atoms with Crippen molar-refractivity contribution in [1.29, 1.82) is 0 Å². The highest BCUT2D eigenvalue weighted by Crippen LogP contribution is 2.23. The number of rotatable bonds is 6. The molecule has 2 aliphatic rings. The van der Waals surface area contributed by atoms with Gasteiger partial charge < -0.3 is 19.1 Å². The lowest BCUT2D eigenvalue weighted by Gasteiger charge is -2.35. The van der Waals surface area contributed by atoms with Crippen LogP contribution in [-0.2, 0) is 16.1 Å². The minimum Gasteiger partial charge on any atom is -0.367 e. The van der Waals surface area contributed by atoms with Crippen molar-refractivity contribution in [3.63, 3.8) is 0 Å². The van der Waals surface area contributed by atoms with Crippen LogP contribution in [0, 0.1) is 12.8 Å². The molecule has 1 atom stereocenters. The van der Waals surface area contributed by atoms with Crippen LogP contribution in [-0.4, -0.2) is 64.7 Å². The lowest BCUT2D eigenvalue weighted by molar-refractivity contribution is -0.137. The summed E-state index contributed by atoms with van der Waals surface area (Å²) in [6.45, 7) is 9.22. The van der Waals surface area contributed by atoms with Crippen LogP contribution in [0.25, 0.3) is 0 Å². The number of piperidine rings is 2. The normalized spacial score (nSPS) is 23.1. The van der Waals surface area contributed by atoms with Crippen LogP contribution in [0.1, 0.15) is 50.7 Å². The molecule has 7 heteroatoms. The summed E-state index contributed by atoms with van der Waals surface area (Å²) in [7, 11) is 0. The third kappa shape index (κ3) is 5.25. The van der Waals surface area contributed by atoms with E-state index >= 15 is 0 Å². The molecule has 0 saturated carbocycles. The van der Waals surface area contributed by atoms with E-state index in [1.54, 1.807) is 6.92 Å². The predicted octanol–water partition coefficient (Wildman–Crippen LogP) is 2.01. The lowest BCUT2D eigenvalue weighted by atomic mass is 9.92. The molecule has 1 aromatic heterocycles. The molecule has 0 bridgehead atoms. The first-order valence-electron chi connectivity index (χ1n) is 9.55. The van der Waals surface area contributed by atoms with Crippen molar-refractivity contribution < 1.29 is 14.1 Å². The van der Waals surface area contributed by atoms with E-state index in [-0.39, 0.29) is 12.0 Å². The van der Waals surface area contributed by atoms with Gasteiger partial charge in [-0.1, -0.05) is 12.1 Å². The average molecular weight is 350 g/mol. The average Bonchev–Trinajstić information content (AvgIpc) is 3.06. The molecule has 0 radical (unpaired) electrons. The van der Waals surface area contributed by atoms with Gasteiger partial charge >= 0.3 is 0 Å². The lowest BCUT2D eigenvalue weighted by Crippen LogP contribution is -2.44. The second-order valence-electron chi connectivity index (χ2n) is 7.23. The highest BCUT2D eigenvalue weighted by molar-refractivity contribution is 5.76. The van der Waals surface area contributed by atoms with Crippen molar-refractivity contribution in [3.8, 4) is 0 Å². The standard InChI is InChI=1S/C18H30N4O3/c1-3-21-9-6-15(7-10-21)11-18(23)22-8-4-5-16(12-22)24-13-17-19-14(2)20-25-17/h15-16H,3-13H2,1-2H3. The maximum Gasteiger partial charge on any atom is 0.252 e. The highest BCUT2D eigenvalue weighted by Gasteiger charge is 2.27. The molecule has 1 amide bonds. The van der Waals surface area contributed by atoms with Crippen molar-refractivity contribution in [2.24, 2.45) is 5.92 Å². The van der Waals surface area contributed by atoms with E-state index in [1.807, 2.05) is 4.90 Å². The van der Waals surface area contributed by atoms with Crippen molar-refractivity contribution in [1.82, 2.24) is 19.9 Å². The molecule has 1 aromatic rings. The maximum absolute atomic E-state index is 12.7. The van der Waals surface area contributed by atoms with Crippen LogP contribution < -0.4 is 0 Å². The van der Waals surface area contributed by atoms with Gasteiger partial charge in [-0.15, -0.1) is 0 Å². The van der Waals surface area contributed by atoms with Gasteiger partial charge in [-0.2, -0.15) is 4.98 Å². The molecule has 3 heterocycles. The van der Waals surface area contributed by atoms with Crippen LogP contribution in [0.2, 0.25) is 0 Å². The zero-order chi connectivity index (χ0) is 17.6. The fourth-order valence-corrected chi connectivity index (χ4v) is 3.77. The van der Waals surface area contributed by atoms with Gasteiger partial charge in [0, 0.05) is 19.5 Å². The summed E-state index contributed by atoms with van der Waals surface area (Å²) in [5.74, 6) is 1.95. The van der Waals surface area contributed by atoms with Crippen molar-refractivity contribution in [3.05, 3.63) is 11.7 Å². The maximum atomic E-state index is 12.7. The van der Waals surface area contributed by atoms with Gasteiger partial charge in [0.1, 0.15) is 6.61 Å². The monoisotopic (exact) mass is 350 g/mol. The Labute approximate surface area is 149 Å². The fraction of sp³-hybridized carbons (Fsp3) is 0.833. The van der Waals surface area contributed by atoms with Gasteiger partial charge in [-0.25, -0.2) is 0 Å². The third-order valence-corrected chi connectivity index (χ3v) is 5.36. The summed E-state index contributed by atoms with van der Waals surface area (Å²) in [4.78, 5) is 21.3. The van der Waals surface area contributed by atoms with Gasteiger partial charge in [0.25, 0.3) is 5.89 Å². The van der Waals surface area contributed by atoms with Crippen LogP contribution in [0.3, 0.4) is 0 Å². The molecule has 0 aromatic carbocycles. The van der Waals surface area contributed by atoms with E-state index in [2.05, 4.69) is 22.0 Å². The van der Waals surface area contributed by atoms with Crippen molar-refractivity contribution in [2.75, 3.05) is 32.7 Å². The second-order valence-corrected chi connectivity index (χ2v) is 7.23. The number of amides is 1. The number of ether oxygens (including phenoxy) is 1. The van der Waals surface area contributed by atoms with Crippen LogP contribution in [0.5, 0.6) is 0 Å². The Morgan fingerprint density at radius 3 is 2.76 bits per heavy atom. The first-order valence-corrected chi connectivity index (χ1v) is 9.55. The van der Waals surface area contributed by atoms with Gasteiger partial charge in [0.15, 0.2) is 5.82 Å². The summed E-state index contributed by atoms with van der Waals surface area (Å²) >= 11 is 0. The minimum absolute atomic E-state index is 0.0619. The Morgan fingerprint density at radius 1 is 1.28 bits per heavy atom. The van der Waals surface area contributed by atoms with Gasteiger partial charge in [0.05, 0.1) is 6.10 Å². The Kier molecular flexibility index (Phi) is 6.42. The molecule has 1 unspecified atom stereocenters. The molecule has 0 spiro atoms. The zero-order valence-electron chi connectivity index (χ0n) is 15.4. The molecule has 7 nitrogen and oxygen atoms in total. The zero-order valence-corrected chi connectivity index (χ0v) is 15.4. The van der Waals surface area contributed by atoms with Gasteiger partial charge in [-0.3, -0.25) is 4.79 Å². The summed E-state index contributed by atoms with van der Waals surface area (Å²) in [5, 5.41) is 3.77. The SMILES string of the molecule is CCN1CCC(CC(=O)N2CCCC(OCc3nc(C)no3)C2)CC1. The number of aromatic nitrogens is 2. The molecule has 3 rings (SSSR count). The molecule has 2 fully saturated rings. The van der Waals surface area contributed by atoms with Crippen molar-refractivity contribution >= 4 is 5.91 Å². The van der Waals surface area contributed by atoms with E-state index in [0.29, 0.717) is 37.2 Å². The van der Waals surface area contributed by atoms with E-state index in [1.165, 1.54) is 0 Å². The van der Waals surface area contributed by atoms with E-state index in [4.69, 9.17) is 9.26 Å². The second kappa shape index (κ2) is 8.76. The number of hydrogen-bond acceptors (Lipinski definition) is 6. The molecule has 0 aliphatic carbocycles. The molecule has 140 valence electrons. The highest BCUT2D eigenvalue weighted by atomic mass is 16.5. The number of nitrogens with zero attached hydrogens (tertiary/aromatic N) is 4. The number of aryl methyl sites for hydroxylation is 1. The quantitative estimate of drug-likeness (QED) is 0.781. The Balaban J connectivity index is 1.42. The Morgan fingerprint density at radius 2 is 2.08 bits per heavy atom. The van der Waals surface area contributed by atoms with Gasteiger partial charge in [0.2, 0.25) is 5.91 Å². The van der Waals surface area contributed by atoms with Crippen LogP contribution in [0.15, 0.2) is 4.52 Å². The fourth-order valence-electron chi connectivity index (χ4n) is 3.77. The van der Waals surface area contributed by atoms with E-state index < -0.39 is 0 Å². The smallest absolute Gasteiger partial charge is 0.252 e. The van der Waals surface area contributed by atoms with Crippen LogP contribution >= 0.6 is 0 Å². The summed E-state index contributed by atoms with van der Waals surface area (Å²) in [6, 6.07) is 0. The molecule has 0 N–H and O–H groups in total. The van der Waals surface area contributed by atoms with Crippen LogP contribution in [0.4, 0.5) is 0 Å². The molecular formula is C18H30N4O3. The topological polar surface area (TPSA) is 71.7 Å². The number of carbonyl (C=O) groups excluding carboxylic acids is 1. The molecule has 2 saturated heterocycles. The summed E-state index contributed by atoms with van der Waals surface area (Å²) < 4.78 is 11.0. The molecular weight excluding hydrogens is 320 g/mol. The molecule has 2 aliphatic heterocycles. The largest absolute Gasteiger partial charge is 0.367 e. The predicted molar refractivity (Wildman–Crippen MR) is 92.9 cm³/mol. The van der Waals surface area contributed by atoms with Crippen molar-refractivity contribution in [2.45, 2.75) is 58.7 Å². The Hall–Kier alpha value is -1.47. The third-order valence-electron chi connectivity index (χ3n) is 5.36. The van der Waals surface area contributed by atoms with E-state index in [9.17, 15) is 4.79 Å². The Bertz CT molecular complexity index is 554. The molecule has 25 heavy (non-hydrogen) atoms. The number of carbonyl (C=O) groups is 1. The first kappa shape index (κ1) is 18.3. The minimum atomic E-state index is 0.0619. The summed E-state index contributed by atoms with van der Waals surface area (Å²) in [6.07, 6.45) is 5.01. The van der Waals surface area contributed by atoms with E-state index in [0.717, 1.165) is 51.9 Å². The first-order chi connectivity index (χ1) is 12.1. The van der Waals surface area contributed by atoms with Gasteiger partial charge in [-0.05, 0) is 58.2 Å². The number of likely N-dealkylation sites (tertiary alicyclic amines) is 2. The number of hydrogen-bond donors (Lipinski definition) is 0.